The number of rotatable bonds is 3. The lowest BCUT2D eigenvalue weighted by atomic mass is 10.0. The molecule has 0 unspecified atom stereocenters. The van der Waals surface area contributed by atoms with Crippen LogP contribution < -0.4 is 5.32 Å². The number of amides is 1. The molecule has 2 fully saturated rings. The van der Waals surface area contributed by atoms with Gasteiger partial charge in [0.1, 0.15) is 0 Å². The molecule has 0 aromatic carbocycles. The van der Waals surface area contributed by atoms with Gasteiger partial charge in [0.2, 0.25) is 5.91 Å². The Bertz CT molecular complexity index is 382. The number of hydrogen-bond donors (Lipinski definition) is 1. The SMILES string of the molecule is CC(C(=O)N1CCN(CCC#N)CC1)=C1CNC1. The number of nitrogens with zero attached hydrogens (tertiary/aromatic N) is 3. The van der Waals surface area contributed by atoms with Crippen molar-refractivity contribution in [2.24, 2.45) is 0 Å². The summed E-state index contributed by atoms with van der Waals surface area (Å²) in [5.41, 5.74) is 2.16. The van der Waals surface area contributed by atoms with Gasteiger partial charge in [0, 0.05) is 57.8 Å². The summed E-state index contributed by atoms with van der Waals surface area (Å²) in [6.07, 6.45) is 0.572. The molecule has 18 heavy (non-hydrogen) atoms. The fraction of sp³-hybridized carbons (Fsp3) is 0.692. The normalized spacial score (nSPS) is 20.2. The van der Waals surface area contributed by atoms with E-state index in [2.05, 4.69) is 16.3 Å². The van der Waals surface area contributed by atoms with Crippen LogP contribution in [0, 0.1) is 11.3 Å². The molecule has 0 aromatic heterocycles. The summed E-state index contributed by atoms with van der Waals surface area (Å²) in [6.45, 7) is 7.80. The van der Waals surface area contributed by atoms with E-state index < -0.39 is 0 Å². The van der Waals surface area contributed by atoms with Crippen molar-refractivity contribution in [2.45, 2.75) is 13.3 Å². The van der Waals surface area contributed by atoms with Crippen LogP contribution in [0.25, 0.3) is 0 Å². The van der Waals surface area contributed by atoms with Crippen molar-refractivity contribution in [3.05, 3.63) is 11.1 Å². The lowest BCUT2D eigenvalue weighted by molar-refractivity contribution is -0.128. The van der Waals surface area contributed by atoms with Crippen LogP contribution in [0.2, 0.25) is 0 Å². The zero-order valence-corrected chi connectivity index (χ0v) is 10.9. The van der Waals surface area contributed by atoms with Crippen LogP contribution in [0.3, 0.4) is 0 Å². The van der Waals surface area contributed by atoms with Gasteiger partial charge in [0.15, 0.2) is 0 Å². The van der Waals surface area contributed by atoms with E-state index >= 15 is 0 Å². The highest BCUT2D eigenvalue weighted by Crippen LogP contribution is 2.13. The maximum absolute atomic E-state index is 12.2. The highest BCUT2D eigenvalue weighted by molar-refractivity contribution is 5.94. The van der Waals surface area contributed by atoms with E-state index in [-0.39, 0.29) is 5.91 Å². The second-order valence-electron chi connectivity index (χ2n) is 4.87. The van der Waals surface area contributed by atoms with Crippen LogP contribution in [-0.2, 0) is 4.79 Å². The van der Waals surface area contributed by atoms with Crippen molar-refractivity contribution >= 4 is 5.91 Å². The Morgan fingerprint density at radius 3 is 2.50 bits per heavy atom. The molecule has 2 heterocycles. The first-order valence-electron chi connectivity index (χ1n) is 6.50. The van der Waals surface area contributed by atoms with Gasteiger partial charge in [0.25, 0.3) is 0 Å². The molecule has 0 spiro atoms. The molecule has 0 atom stereocenters. The molecule has 0 aromatic rings. The Hall–Kier alpha value is -1.38. The van der Waals surface area contributed by atoms with Gasteiger partial charge in [-0.25, -0.2) is 0 Å². The number of nitriles is 1. The van der Waals surface area contributed by atoms with Crippen LogP contribution in [0.4, 0.5) is 0 Å². The maximum Gasteiger partial charge on any atom is 0.249 e. The summed E-state index contributed by atoms with van der Waals surface area (Å²) in [5.74, 6) is 0.187. The summed E-state index contributed by atoms with van der Waals surface area (Å²) >= 11 is 0. The quantitative estimate of drug-likeness (QED) is 0.712. The van der Waals surface area contributed by atoms with Crippen molar-refractivity contribution in [3.63, 3.8) is 0 Å². The predicted molar refractivity (Wildman–Crippen MR) is 68.8 cm³/mol. The Kier molecular flexibility index (Phi) is 4.34. The number of carbonyl (C=O) groups excluding carboxylic acids is 1. The van der Waals surface area contributed by atoms with Gasteiger partial charge in [-0.1, -0.05) is 0 Å². The fourth-order valence-electron chi connectivity index (χ4n) is 2.29. The Morgan fingerprint density at radius 1 is 1.33 bits per heavy atom. The van der Waals surface area contributed by atoms with E-state index in [1.165, 1.54) is 5.57 Å². The highest BCUT2D eigenvalue weighted by Gasteiger charge is 2.24. The molecule has 5 heteroatoms. The predicted octanol–water partition coefficient (Wildman–Crippen LogP) is -0.0360. The molecular weight excluding hydrogens is 228 g/mol. The summed E-state index contributed by atoms with van der Waals surface area (Å²) in [5, 5.41) is 11.7. The summed E-state index contributed by atoms with van der Waals surface area (Å²) in [7, 11) is 0. The van der Waals surface area contributed by atoms with Crippen LogP contribution in [0.1, 0.15) is 13.3 Å². The summed E-state index contributed by atoms with van der Waals surface area (Å²) in [4.78, 5) is 16.4. The van der Waals surface area contributed by atoms with E-state index in [9.17, 15) is 4.79 Å². The molecule has 0 saturated carbocycles. The number of hydrogen-bond acceptors (Lipinski definition) is 4. The second-order valence-corrected chi connectivity index (χ2v) is 4.87. The minimum atomic E-state index is 0.187. The second kappa shape index (κ2) is 5.98. The third-order valence-corrected chi connectivity index (χ3v) is 3.73. The largest absolute Gasteiger partial charge is 0.336 e. The average molecular weight is 248 g/mol. The topological polar surface area (TPSA) is 59.4 Å². The minimum absolute atomic E-state index is 0.187. The van der Waals surface area contributed by atoms with Gasteiger partial charge < -0.3 is 10.2 Å². The standard InChI is InChI=1S/C13H20N4O/c1-11(12-9-15-10-12)13(18)17-7-5-16(6-8-17)4-2-3-14/h15H,2,4-10H2,1H3. The van der Waals surface area contributed by atoms with Crippen molar-refractivity contribution < 1.29 is 4.79 Å². The number of piperazine rings is 1. The van der Waals surface area contributed by atoms with Gasteiger partial charge in [-0.2, -0.15) is 5.26 Å². The van der Waals surface area contributed by atoms with Gasteiger partial charge in [-0.15, -0.1) is 0 Å². The van der Waals surface area contributed by atoms with E-state index in [0.717, 1.165) is 51.4 Å². The molecule has 1 amide bonds. The third kappa shape index (κ3) is 2.89. The first-order chi connectivity index (χ1) is 8.72. The van der Waals surface area contributed by atoms with E-state index in [1.54, 1.807) is 0 Å². The lowest BCUT2D eigenvalue weighted by Crippen LogP contribution is -2.49. The maximum atomic E-state index is 12.2. The number of nitrogens with one attached hydrogen (secondary N) is 1. The highest BCUT2D eigenvalue weighted by atomic mass is 16.2. The zero-order valence-electron chi connectivity index (χ0n) is 10.9. The molecule has 0 aliphatic carbocycles. The molecule has 1 N–H and O–H groups in total. The molecule has 0 bridgehead atoms. The lowest BCUT2D eigenvalue weighted by Gasteiger charge is -2.35. The van der Waals surface area contributed by atoms with Crippen molar-refractivity contribution in [1.82, 2.24) is 15.1 Å². The van der Waals surface area contributed by atoms with Gasteiger partial charge >= 0.3 is 0 Å². The van der Waals surface area contributed by atoms with Crippen molar-refractivity contribution in [1.29, 1.82) is 5.26 Å². The van der Waals surface area contributed by atoms with E-state index in [1.807, 2.05) is 11.8 Å². The molecule has 98 valence electrons. The van der Waals surface area contributed by atoms with Crippen molar-refractivity contribution in [2.75, 3.05) is 45.8 Å². The first-order valence-corrected chi connectivity index (χ1v) is 6.50. The van der Waals surface area contributed by atoms with Crippen LogP contribution in [-0.4, -0.2) is 61.5 Å². The monoisotopic (exact) mass is 248 g/mol. The smallest absolute Gasteiger partial charge is 0.249 e. The van der Waals surface area contributed by atoms with Gasteiger partial charge in [0.05, 0.1) is 6.07 Å². The third-order valence-electron chi connectivity index (χ3n) is 3.73. The Morgan fingerprint density at radius 2 is 2.00 bits per heavy atom. The minimum Gasteiger partial charge on any atom is -0.336 e. The molecule has 2 saturated heterocycles. The molecule has 2 aliphatic heterocycles. The van der Waals surface area contributed by atoms with Crippen LogP contribution in [0.5, 0.6) is 0 Å². The molecule has 2 aliphatic rings. The average Bonchev–Trinajstić information content (AvgIpc) is 2.34. The first kappa shape index (κ1) is 13.1. The van der Waals surface area contributed by atoms with Crippen molar-refractivity contribution in [3.8, 4) is 6.07 Å². The van der Waals surface area contributed by atoms with Gasteiger partial charge in [-0.05, 0) is 12.5 Å². The molecule has 0 radical (unpaired) electrons. The molecule has 5 nitrogen and oxygen atoms in total. The Labute approximate surface area is 108 Å². The fourth-order valence-corrected chi connectivity index (χ4v) is 2.29. The molecule has 2 rings (SSSR count). The van der Waals surface area contributed by atoms with Crippen LogP contribution >= 0.6 is 0 Å². The van der Waals surface area contributed by atoms with Gasteiger partial charge in [-0.3, -0.25) is 9.69 Å². The summed E-state index contributed by atoms with van der Waals surface area (Å²) in [6, 6.07) is 2.16. The Balaban J connectivity index is 1.82. The molecular formula is C13H20N4O. The number of carbonyl (C=O) groups is 1. The summed E-state index contributed by atoms with van der Waals surface area (Å²) < 4.78 is 0. The van der Waals surface area contributed by atoms with Crippen LogP contribution in [0.15, 0.2) is 11.1 Å². The zero-order chi connectivity index (χ0) is 13.0. The van der Waals surface area contributed by atoms with E-state index in [0.29, 0.717) is 6.42 Å². The van der Waals surface area contributed by atoms with E-state index in [4.69, 9.17) is 5.26 Å².